The van der Waals surface area contributed by atoms with Crippen molar-refractivity contribution in [1.82, 2.24) is 14.5 Å². The zero-order chi connectivity index (χ0) is 23.4. The number of nitrogens with one attached hydrogen (secondary N) is 1. The SMILES string of the molecule is COC1=NN(C)c2cc3cnc(Nc4ccc(S(N)(=O)=O)cc4F)nc3n2C12CCCCC2. The number of methoxy groups -OCH3 is 1. The molecule has 2 aliphatic rings. The minimum Gasteiger partial charge on any atom is -0.481 e. The number of sulfonamides is 1. The molecule has 3 N–H and O–H groups in total. The van der Waals surface area contributed by atoms with Crippen LogP contribution in [0, 0.1) is 5.82 Å². The summed E-state index contributed by atoms with van der Waals surface area (Å²) in [6.45, 7) is 0. The Hall–Kier alpha value is -3.25. The van der Waals surface area contributed by atoms with Gasteiger partial charge in [0.05, 0.1) is 17.7 Å². The summed E-state index contributed by atoms with van der Waals surface area (Å²) in [4.78, 5) is 8.72. The summed E-state index contributed by atoms with van der Waals surface area (Å²) in [7, 11) is -0.515. The quantitative estimate of drug-likeness (QED) is 0.598. The van der Waals surface area contributed by atoms with Crippen molar-refractivity contribution in [3.8, 4) is 0 Å². The Morgan fingerprint density at radius 3 is 2.64 bits per heavy atom. The minimum atomic E-state index is -4.01. The Morgan fingerprint density at radius 2 is 1.97 bits per heavy atom. The van der Waals surface area contributed by atoms with Gasteiger partial charge in [-0.2, -0.15) is 4.98 Å². The lowest BCUT2D eigenvalue weighted by Crippen LogP contribution is -2.49. The summed E-state index contributed by atoms with van der Waals surface area (Å²) in [6.07, 6.45) is 6.66. The molecular formula is C21H24FN7O3S. The van der Waals surface area contributed by atoms with Crippen LogP contribution in [-0.4, -0.2) is 43.0 Å². The number of anilines is 3. The number of benzene rings is 1. The molecule has 33 heavy (non-hydrogen) atoms. The first-order chi connectivity index (χ1) is 15.7. The van der Waals surface area contributed by atoms with E-state index in [0.29, 0.717) is 11.5 Å². The highest BCUT2D eigenvalue weighted by Gasteiger charge is 2.46. The maximum atomic E-state index is 14.5. The molecule has 1 spiro atoms. The van der Waals surface area contributed by atoms with Gasteiger partial charge in [-0.15, -0.1) is 5.10 Å². The molecule has 1 aliphatic heterocycles. The Kier molecular flexibility index (Phi) is 5.01. The van der Waals surface area contributed by atoms with Gasteiger partial charge in [0.25, 0.3) is 0 Å². The number of aromatic nitrogens is 3. The van der Waals surface area contributed by atoms with E-state index in [1.807, 2.05) is 13.1 Å². The van der Waals surface area contributed by atoms with Gasteiger partial charge < -0.3 is 10.1 Å². The molecule has 2 aromatic heterocycles. The summed E-state index contributed by atoms with van der Waals surface area (Å²) in [6, 6.07) is 5.36. The van der Waals surface area contributed by atoms with Crippen molar-refractivity contribution >= 4 is 44.4 Å². The number of hydrogen-bond donors (Lipinski definition) is 2. The van der Waals surface area contributed by atoms with E-state index in [1.165, 1.54) is 12.1 Å². The molecule has 174 valence electrons. The molecular weight excluding hydrogens is 449 g/mol. The van der Waals surface area contributed by atoms with Crippen molar-refractivity contribution in [2.75, 3.05) is 24.5 Å². The molecule has 1 aliphatic carbocycles. The molecule has 10 nitrogen and oxygen atoms in total. The molecule has 1 fully saturated rings. The Morgan fingerprint density at radius 1 is 1.21 bits per heavy atom. The van der Waals surface area contributed by atoms with Gasteiger partial charge in [0.1, 0.15) is 22.8 Å². The van der Waals surface area contributed by atoms with Gasteiger partial charge >= 0.3 is 0 Å². The summed E-state index contributed by atoms with van der Waals surface area (Å²) in [5.74, 6) is 0.927. The number of nitrogens with two attached hydrogens (primary N) is 1. The summed E-state index contributed by atoms with van der Waals surface area (Å²) < 4.78 is 45.4. The molecule has 1 saturated carbocycles. The number of fused-ring (bicyclic) bond motifs is 4. The molecule has 12 heteroatoms. The van der Waals surface area contributed by atoms with Gasteiger partial charge in [-0.05, 0) is 37.1 Å². The van der Waals surface area contributed by atoms with Crippen LogP contribution >= 0.6 is 0 Å². The van der Waals surface area contributed by atoms with Gasteiger partial charge in [0.2, 0.25) is 21.9 Å². The zero-order valence-electron chi connectivity index (χ0n) is 18.2. The first kappa shape index (κ1) is 21.6. The normalized spacial score (nSPS) is 17.7. The van der Waals surface area contributed by atoms with Crippen LogP contribution in [0.3, 0.4) is 0 Å². The van der Waals surface area contributed by atoms with E-state index < -0.39 is 21.4 Å². The largest absolute Gasteiger partial charge is 0.481 e. The number of nitrogens with zero attached hydrogens (tertiary/aromatic N) is 5. The topological polar surface area (TPSA) is 128 Å². The summed E-state index contributed by atoms with van der Waals surface area (Å²) in [5, 5.41) is 15.2. The van der Waals surface area contributed by atoms with E-state index in [1.54, 1.807) is 18.3 Å². The lowest BCUT2D eigenvalue weighted by molar-refractivity contribution is 0.222. The van der Waals surface area contributed by atoms with E-state index in [2.05, 4.69) is 20.0 Å². The Balaban J connectivity index is 1.60. The van der Waals surface area contributed by atoms with Crippen molar-refractivity contribution < 1.29 is 17.5 Å². The maximum absolute atomic E-state index is 14.5. The number of hydrogen-bond acceptors (Lipinski definition) is 8. The first-order valence-corrected chi connectivity index (χ1v) is 12.1. The van der Waals surface area contributed by atoms with Crippen LogP contribution in [0.15, 0.2) is 40.5 Å². The second-order valence-corrected chi connectivity index (χ2v) is 9.91. The molecule has 3 aromatic rings. The second-order valence-electron chi connectivity index (χ2n) is 8.35. The third-order valence-electron chi connectivity index (χ3n) is 6.31. The van der Waals surface area contributed by atoms with Crippen LogP contribution in [0.5, 0.6) is 0 Å². The lowest BCUT2D eigenvalue weighted by atomic mass is 9.80. The van der Waals surface area contributed by atoms with Gasteiger partial charge in [-0.3, -0.25) is 4.57 Å². The summed E-state index contributed by atoms with van der Waals surface area (Å²) in [5.41, 5.74) is 0.281. The van der Waals surface area contributed by atoms with E-state index in [0.717, 1.165) is 49.4 Å². The fourth-order valence-electron chi connectivity index (χ4n) is 4.77. The predicted octanol–water partition coefficient (Wildman–Crippen LogP) is 3.03. The van der Waals surface area contributed by atoms with Crippen LogP contribution in [0.2, 0.25) is 0 Å². The zero-order valence-corrected chi connectivity index (χ0v) is 19.1. The van der Waals surface area contributed by atoms with Crippen molar-refractivity contribution in [3.05, 3.63) is 36.3 Å². The van der Waals surface area contributed by atoms with Crippen LogP contribution in [0.4, 0.5) is 21.8 Å². The van der Waals surface area contributed by atoms with Gasteiger partial charge in [0, 0.05) is 18.6 Å². The smallest absolute Gasteiger partial charge is 0.238 e. The summed E-state index contributed by atoms with van der Waals surface area (Å²) >= 11 is 0. The number of halogens is 1. The lowest BCUT2D eigenvalue weighted by Gasteiger charge is -2.43. The number of hydrazone groups is 1. The monoisotopic (exact) mass is 473 g/mol. The maximum Gasteiger partial charge on any atom is 0.238 e. The highest BCUT2D eigenvalue weighted by Crippen LogP contribution is 2.45. The van der Waals surface area contributed by atoms with Crippen molar-refractivity contribution in [3.63, 3.8) is 0 Å². The Labute approximate surface area is 190 Å². The third-order valence-corrected chi connectivity index (χ3v) is 7.22. The molecule has 5 rings (SSSR count). The highest BCUT2D eigenvalue weighted by molar-refractivity contribution is 7.89. The fraction of sp³-hybridized carbons (Fsp3) is 0.381. The standard InChI is InChI=1S/C21H24FN7O3S/c1-28-17-10-13-12-24-20(25-16-7-6-14(11-15(16)22)33(23,30)31)26-18(13)29(17)21(19(27-28)32-2)8-4-3-5-9-21/h6-7,10-12H,3-5,8-9H2,1-2H3,(H2,23,30,31)(H,24,25,26). The van der Waals surface area contributed by atoms with Gasteiger partial charge in [-0.1, -0.05) is 19.3 Å². The van der Waals surface area contributed by atoms with Crippen molar-refractivity contribution in [2.45, 2.75) is 42.5 Å². The van der Waals surface area contributed by atoms with E-state index in [4.69, 9.17) is 14.9 Å². The predicted molar refractivity (Wildman–Crippen MR) is 122 cm³/mol. The van der Waals surface area contributed by atoms with Crippen molar-refractivity contribution in [1.29, 1.82) is 0 Å². The number of primary sulfonamides is 1. The Bertz CT molecular complexity index is 1380. The van der Waals surface area contributed by atoms with Gasteiger partial charge in [-0.25, -0.2) is 27.9 Å². The number of ether oxygens (including phenoxy) is 1. The van der Waals surface area contributed by atoms with Crippen molar-refractivity contribution in [2.24, 2.45) is 10.2 Å². The molecule has 0 atom stereocenters. The van der Waals surface area contributed by atoms with Crippen LogP contribution < -0.4 is 15.5 Å². The van der Waals surface area contributed by atoms with Crippen LogP contribution in [0.25, 0.3) is 11.0 Å². The molecule has 0 amide bonds. The van der Waals surface area contributed by atoms with E-state index >= 15 is 0 Å². The minimum absolute atomic E-state index is 0.0378. The average molecular weight is 474 g/mol. The average Bonchev–Trinajstić information content (AvgIpc) is 3.18. The van der Waals surface area contributed by atoms with E-state index in [9.17, 15) is 12.8 Å². The fourth-order valence-corrected chi connectivity index (χ4v) is 5.30. The number of rotatable bonds is 3. The first-order valence-electron chi connectivity index (χ1n) is 10.6. The van der Waals surface area contributed by atoms with E-state index in [-0.39, 0.29) is 16.5 Å². The van der Waals surface area contributed by atoms with Crippen LogP contribution in [0.1, 0.15) is 32.1 Å². The van der Waals surface area contributed by atoms with Gasteiger partial charge in [0.15, 0.2) is 0 Å². The molecule has 0 unspecified atom stereocenters. The van der Waals surface area contributed by atoms with Crippen LogP contribution in [-0.2, 0) is 20.3 Å². The molecule has 0 radical (unpaired) electrons. The third kappa shape index (κ3) is 3.49. The molecule has 0 bridgehead atoms. The molecule has 3 heterocycles. The highest BCUT2D eigenvalue weighted by atomic mass is 32.2. The second kappa shape index (κ2) is 7.66. The molecule has 1 aromatic carbocycles. The molecule has 0 saturated heterocycles.